The van der Waals surface area contributed by atoms with E-state index in [-0.39, 0.29) is 49.1 Å². The van der Waals surface area contributed by atoms with E-state index in [1.807, 2.05) is 0 Å². The molecule has 0 atom stereocenters. The molecule has 0 bridgehead atoms. The Hall–Kier alpha value is -1.22. The number of amides is 1. The molecule has 0 heterocycles. The van der Waals surface area contributed by atoms with Gasteiger partial charge in [-0.15, -0.1) is 0 Å². The molecule has 2 N–H and O–H groups in total. The van der Waals surface area contributed by atoms with E-state index >= 15 is 0 Å². The fourth-order valence-corrected chi connectivity index (χ4v) is 5.27. The quantitative estimate of drug-likeness (QED) is 0.478. The molecule has 1 aliphatic rings. The van der Waals surface area contributed by atoms with Gasteiger partial charge in [-0.2, -0.15) is 0 Å². The Bertz CT molecular complexity index is 1060. The maximum Gasteiger partial charge on any atom is 0.262 e. The topological polar surface area (TPSA) is 84.5 Å². The number of carbonyl (C=O) groups excluding carboxylic acids is 1. The molecular formula is C19H18Cl4N2O4S. The monoisotopic (exact) mass is 510 g/mol. The minimum absolute atomic E-state index is 0.0405. The molecule has 1 saturated carbocycles. The second-order valence-corrected chi connectivity index (χ2v) is 10.1. The zero-order valence-corrected chi connectivity index (χ0v) is 19.4. The van der Waals surface area contributed by atoms with Crippen LogP contribution in [0.25, 0.3) is 0 Å². The molecule has 162 valence electrons. The van der Waals surface area contributed by atoms with Gasteiger partial charge in [0.2, 0.25) is 10.0 Å². The van der Waals surface area contributed by atoms with Crippen molar-refractivity contribution in [1.82, 2.24) is 4.72 Å². The molecule has 1 aliphatic carbocycles. The number of halogens is 4. The number of hydrogen-bond acceptors (Lipinski definition) is 4. The summed E-state index contributed by atoms with van der Waals surface area (Å²) in [5, 5.41) is 3.36. The van der Waals surface area contributed by atoms with E-state index in [2.05, 4.69) is 10.0 Å². The van der Waals surface area contributed by atoms with Crippen LogP contribution in [-0.2, 0) is 14.8 Å². The summed E-state index contributed by atoms with van der Waals surface area (Å²) in [5.41, 5.74) is 0.283. The summed E-state index contributed by atoms with van der Waals surface area (Å²) in [4.78, 5) is 12.2. The van der Waals surface area contributed by atoms with E-state index in [9.17, 15) is 13.2 Å². The first-order valence-electron chi connectivity index (χ1n) is 9.05. The number of carbonyl (C=O) groups is 1. The normalized spacial score (nSPS) is 14.7. The van der Waals surface area contributed by atoms with E-state index in [4.69, 9.17) is 51.1 Å². The van der Waals surface area contributed by atoms with Crippen molar-refractivity contribution in [3.63, 3.8) is 0 Å². The van der Waals surface area contributed by atoms with Crippen molar-refractivity contribution in [1.29, 1.82) is 0 Å². The van der Waals surface area contributed by atoms with E-state index in [1.54, 1.807) is 0 Å². The van der Waals surface area contributed by atoms with Crippen molar-refractivity contribution in [2.45, 2.75) is 36.6 Å². The third kappa shape index (κ3) is 5.93. The predicted molar refractivity (Wildman–Crippen MR) is 120 cm³/mol. The highest BCUT2D eigenvalue weighted by Gasteiger charge is 2.23. The van der Waals surface area contributed by atoms with Crippen molar-refractivity contribution >= 4 is 68.0 Å². The molecule has 1 amide bonds. The Kier molecular flexibility index (Phi) is 7.76. The molecule has 30 heavy (non-hydrogen) atoms. The van der Waals surface area contributed by atoms with Crippen LogP contribution in [0, 0.1) is 0 Å². The summed E-state index contributed by atoms with van der Waals surface area (Å²) >= 11 is 24.0. The van der Waals surface area contributed by atoms with Crippen molar-refractivity contribution in [2.75, 3.05) is 11.9 Å². The Morgan fingerprint density at radius 1 is 0.967 bits per heavy atom. The Morgan fingerprint density at radius 3 is 2.30 bits per heavy atom. The molecule has 1 fully saturated rings. The van der Waals surface area contributed by atoms with Gasteiger partial charge in [-0.1, -0.05) is 59.2 Å². The summed E-state index contributed by atoms with van der Waals surface area (Å²) in [6.07, 6.45) is 3.67. The van der Waals surface area contributed by atoms with Gasteiger partial charge in [0.05, 0.1) is 30.7 Å². The lowest BCUT2D eigenvalue weighted by Crippen LogP contribution is -2.32. The largest absolute Gasteiger partial charge is 0.482 e. The third-order valence-corrected chi connectivity index (χ3v) is 7.38. The number of hydrogen-bond donors (Lipinski definition) is 2. The van der Waals surface area contributed by atoms with E-state index < -0.39 is 15.9 Å². The number of ether oxygens (including phenoxy) is 1. The van der Waals surface area contributed by atoms with E-state index in [1.165, 1.54) is 30.3 Å². The highest BCUT2D eigenvalue weighted by Crippen LogP contribution is 2.32. The van der Waals surface area contributed by atoms with Crippen LogP contribution in [0.2, 0.25) is 20.1 Å². The molecule has 0 spiro atoms. The van der Waals surface area contributed by atoms with E-state index in [0.717, 1.165) is 25.7 Å². The smallest absolute Gasteiger partial charge is 0.262 e. The summed E-state index contributed by atoms with van der Waals surface area (Å²) in [6, 6.07) is 6.87. The maximum atomic E-state index is 12.5. The van der Waals surface area contributed by atoms with Crippen LogP contribution in [-0.4, -0.2) is 27.0 Å². The average Bonchev–Trinajstić information content (AvgIpc) is 3.17. The zero-order chi connectivity index (χ0) is 21.9. The Labute approximate surface area is 194 Å². The molecule has 2 aromatic rings. The first-order valence-corrected chi connectivity index (χ1v) is 12.0. The number of nitrogens with one attached hydrogen (secondary N) is 2. The second kappa shape index (κ2) is 9.94. The standard InChI is InChI=1S/C19H18Cl4N2O4S/c20-13-8-15(22)17(9-14(13)21)24-19(26)10-29-18-6-5-12(7-16(18)23)30(27,28)25-11-3-1-2-4-11/h5-9,11,25H,1-4,10H2,(H,24,26). The minimum Gasteiger partial charge on any atom is -0.482 e. The van der Waals surface area contributed by atoms with E-state index in [0.29, 0.717) is 0 Å². The van der Waals surface area contributed by atoms with Crippen LogP contribution in [0.5, 0.6) is 5.75 Å². The van der Waals surface area contributed by atoms with Gasteiger partial charge in [0, 0.05) is 6.04 Å². The highest BCUT2D eigenvalue weighted by molar-refractivity contribution is 7.89. The van der Waals surface area contributed by atoms with Gasteiger partial charge < -0.3 is 10.1 Å². The van der Waals surface area contributed by atoms with Crippen molar-refractivity contribution in [2.24, 2.45) is 0 Å². The molecule has 0 radical (unpaired) electrons. The lowest BCUT2D eigenvalue weighted by atomic mass is 10.3. The number of rotatable bonds is 7. The first-order chi connectivity index (χ1) is 14.2. The maximum absolute atomic E-state index is 12.5. The zero-order valence-electron chi connectivity index (χ0n) is 15.6. The van der Waals surface area contributed by atoms with Crippen molar-refractivity contribution < 1.29 is 17.9 Å². The first kappa shape index (κ1) is 23.4. The molecule has 3 rings (SSSR count). The molecule has 2 aromatic carbocycles. The Balaban J connectivity index is 1.62. The molecule has 0 unspecified atom stereocenters. The average molecular weight is 512 g/mol. The molecule has 0 saturated heterocycles. The van der Waals surface area contributed by atoms with Crippen LogP contribution in [0.15, 0.2) is 35.2 Å². The molecule has 6 nitrogen and oxygen atoms in total. The van der Waals surface area contributed by atoms with Gasteiger partial charge in [0.25, 0.3) is 5.91 Å². The fraction of sp³-hybridized carbons (Fsp3) is 0.316. The highest BCUT2D eigenvalue weighted by atomic mass is 35.5. The summed E-state index contributed by atoms with van der Waals surface area (Å²) < 4.78 is 33.1. The molecular weight excluding hydrogens is 494 g/mol. The molecule has 11 heteroatoms. The summed E-state index contributed by atoms with van der Waals surface area (Å²) in [6.45, 7) is -0.372. The molecule has 0 aromatic heterocycles. The third-order valence-electron chi connectivity index (χ3n) is 4.53. The van der Waals surface area contributed by atoms with Gasteiger partial charge in [0.15, 0.2) is 6.61 Å². The van der Waals surface area contributed by atoms with Gasteiger partial charge >= 0.3 is 0 Å². The summed E-state index contributed by atoms with van der Waals surface area (Å²) in [5.74, 6) is -0.335. The van der Waals surface area contributed by atoms with Crippen molar-refractivity contribution in [3.05, 3.63) is 50.4 Å². The van der Waals surface area contributed by atoms with Gasteiger partial charge in [-0.3, -0.25) is 4.79 Å². The second-order valence-electron chi connectivity index (χ2n) is 6.78. The fourth-order valence-electron chi connectivity index (χ4n) is 3.04. The van der Waals surface area contributed by atoms with Gasteiger partial charge in [-0.25, -0.2) is 13.1 Å². The lowest BCUT2D eigenvalue weighted by Gasteiger charge is -2.14. The van der Waals surface area contributed by atoms with Crippen LogP contribution in [0.1, 0.15) is 25.7 Å². The SMILES string of the molecule is O=C(COc1ccc(S(=O)(=O)NC2CCCC2)cc1Cl)Nc1cc(Cl)c(Cl)cc1Cl. The van der Waals surface area contributed by atoms with Crippen LogP contribution in [0.3, 0.4) is 0 Å². The number of benzene rings is 2. The van der Waals surface area contributed by atoms with Crippen LogP contribution >= 0.6 is 46.4 Å². The molecule has 0 aliphatic heterocycles. The van der Waals surface area contributed by atoms with Gasteiger partial charge in [-0.05, 0) is 43.2 Å². The van der Waals surface area contributed by atoms with Crippen molar-refractivity contribution in [3.8, 4) is 5.75 Å². The van der Waals surface area contributed by atoms with Gasteiger partial charge in [0.1, 0.15) is 5.75 Å². The predicted octanol–water partition coefficient (Wildman–Crippen LogP) is 5.54. The minimum atomic E-state index is -3.67. The van der Waals surface area contributed by atoms with Crippen LogP contribution < -0.4 is 14.8 Å². The van der Waals surface area contributed by atoms with Crippen LogP contribution in [0.4, 0.5) is 5.69 Å². The number of anilines is 1. The Morgan fingerprint density at radius 2 is 1.63 bits per heavy atom. The summed E-state index contributed by atoms with van der Waals surface area (Å²) in [7, 11) is -3.67. The number of sulfonamides is 1. The lowest BCUT2D eigenvalue weighted by molar-refractivity contribution is -0.118.